The van der Waals surface area contributed by atoms with Gasteiger partial charge >= 0.3 is 6.18 Å². The molecule has 2 heterocycles. The third-order valence-corrected chi connectivity index (χ3v) is 5.00. The summed E-state index contributed by atoms with van der Waals surface area (Å²) in [4.78, 5) is 10.5. The number of nitrogens with zero attached hydrogens (tertiary/aromatic N) is 4. The van der Waals surface area contributed by atoms with Crippen molar-refractivity contribution in [2.75, 3.05) is 18.5 Å². The largest absolute Gasteiger partial charge is 0.416 e. The van der Waals surface area contributed by atoms with Crippen LogP contribution in [-0.2, 0) is 12.7 Å². The predicted octanol–water partition coefficient (Wildman–Crippen LogP) is 4.35. The van der Waals surface area contributed by atoms with Gasteiger partial charge in [0.15, 0.2) is 5.13 Å². The molecule has 0 saturated carbocycles. The summed E-state index contributed by atoms with van der Waals surface area (Å²) in [6, 6.07) is 3.70. The lowest BCUT2D eigenvalue weighted by atomic mass is 10.2. The molecule has 3 rings (SSSR count). The van der Waals surface area contributed by atoms with Crippen LogP contribution in [0, 0.1) is 6.92 Å². The second-order valence-electron chi connectivity index (χ2n) is 5.62. The second-order valence-corrected chi connectivity index (χ2v) is 6.63. The predicted molar refractivity (Wildman–Crippen MR) is 89.5 cm³/mol. The topological polar surface area (TPSA) is 34.0 Å². The van der Waals surface area contributed by atoms with E-state index < -0.39 is 11.7 Å². The van der Waals surface area contributed by atoms with Crippen LogP contribution in [0.15, 0.2) is 30.6 Å². The molecule has 4 nitrogen and oxygen atoms in total. The van der Waals surface area contributed by atoms with E-state index >= 15 is 0 Å². The van der Waals surface area contributed by atoms with Gasteiger partial charge in [0.05, 0.1) is 15.8 Å². The lowest BCUT2D eigenvalue weighted by Crippen LogP contribution is -2.19. The zero-order chi connectivity index (χ0) is 17.3. The number of aromatic nitrogens is 3. The third kappa shape index (κ3) is 3.53. The van der Waals surface area contributed by atoms with Gasteiger partial charge in [0.25, 0.3) is 0 Å². The maximum atomic E-state index is 12.8. The van der Waals surface area contributed by atoms with Gasteiger partial charge in [0.2, 0.25) is 0 Å². The van der Waals surface area contributed by atoms with E-state index in [-0.39, 0.29) is 0 Å². The molecule has 0 N–H and O–H groups in total. The van der Waals surface area contributed by atoms with Crippen LogP contribution < -0.4 is 4.90 Å². The van der Waals surface area contributed by atoms with Crippen LogP contribution in [0.2, 0.25) is 0 Å². The molecule has 0 atom stereocenters. The molecule has 0 radical (unpaired) electrons. The molecule has 8 heteroatoms. The van der Waals surface area contributed by atoms with Crippen molar-refractivity contribution in [3.63, 3.8) is 0 Å². The number of alkyl halides is 3. The van der Waals surface area contributed by atoms with Crippen molar-refractivity contribution in [1.29, 1.82) is 0 Å². The molecular weight excluding hydrogens is 337 g/mol. The summed E-state index contributed by atoms with van der Waals surface area (Å²) >= 11 is 1.40. The van der Waals surface area contributed by atoms with Gasteiger partial charge in [0.1, 0.15) is 5.82 Å². The molecule has 128 valence electrons. The Labute approximate surface area is 141 Å². The summed E-state index contributed by atoms with van der Waals surface area (Å²) in [5.41, 5.74) is -0.271. The molecule has 0 amide bonds. The average Bonchev–Trinajstić information content (AvgIpc) is 3.12. The first-order valence-corrected chi connectivity index (χ1v) is 8.33. The summed E-state index contributed by atoms with van der Waals surface area (Å²) < 4.78 is 41.1. The summed E-state index contributed by atoms with van der Waals surface area (Å²) in [5.74, 6) is 0.970. The van der Waals surface area contributed by atoms with Crippen LogP contribution in [0.5, 0.6) is 0 Å². The Hall–Kier alpha value is -2.09. The lowest BCUT2D eigenvalue weighted by molar-refractivity contribution is -0.137. The number of halogens is 3. The minimum Gasteiger partial charge on any atom is -0.351 e. The highest BCUT2D eigenvalue weighted by Crippen LogP contribution is 2.34. The molecule has 0 spiro atoms. The van der Waals surface area contributed by atoms with Crippen molar-refractivity contribution in [3.05, 3.63) is 42.0 Å². The van der Waals surface area contributed by atoms with Crippen LogP contribution in [0.1, 0.15) is 17.8 Å². The van der Waals surface area contributed by atoms with E-state index in [0.717, 1.165) is 47.3 Å². The Morgan fingerprint density at radius 2 is 2.08 bits per heavy atom. The van der Waals surface area contributed by atoms with E-state index in [1.165, 1.54) is 17.4 Å². The molecule has 3 aromatic rings. The number of rotatable bonds is 5. The Bertz CT molecular complexity index is 837. The highest BCUT2D eigenvalue weighted by atomic mass is 32.1. The average molecular weight is 354 g/mol. The summed E-state index contributed by atoms with van der Waals surface area (Å²) in [5, 5.41) is 0.728. The van der Waals surface area contributed by atoms with Crippen LogP contribution in [0.4, 0.5) is 18.3 Å². The Kier molecular flexibility index (Phi) is 4.49. The monoisotopic (exact) mass is 354 g/mol. The molecule has 1 aromatic carbocycles. The normalized spacial score (nSPS) is 12.0. The van der Waals surface area contributed by atoms with Gasteiger partial charge in [-0.15, -0.1) is 0 Å². The highest BCUT2D eigenvalue weighted by Gasteiger charge is 2.30. The van der Waals surface area contributed by atoms with Crippen LogP contribution in [0.3, 0.4) is 0 Å². The SMILES string of the molecule is Cc1nccn1CCCN(C)c1nc2cc(C(F)(F)F)ccc2s1. The molecule has 2 aromatic heterocycles. The first-order chi connectivity index (χ1) is 11.3. The first kappa shape index (κ1) is 16.8. The standard InChI is InChI=1S/C16H17F3N4S/c1-11-20-6-9-23(11)8-3-7-22(2)15-21-13-10-12(16(17,18)19)4-5-14(13)24-15/h4-6,9-10H,3,7-8H2,1-2H3. The number of hydrogen-bond acceptors (Lipinski definition) is 4. The van der Waals surface area contributed by atoms with E-state index in [2.05, 4.69) is 14.5 Å². The molecule has 0 aliphatic rings. The van der Waals surface area contributed by atoms with Gasteiger partial charge in [-0.05, 0) is 31.5 Å². The van der Waals surface area contributed by atoms with Gasteiger partial charge in [-0.3, -0.25) is 0 Å². The van der Waals surface area contributed by atoms with Crippen molar-refractivity contribution in [2.45, 2.75) is 26.1 Å². The fourth-order valence-corrected chi connectivity index (χ4v) is 3.40. The van der Waals surface area contributed by atoms with Gasteiger partial charge in [-0.2, -0.15) is 13.2 Å². The number of imidazole rings is 1. The zero-order valence-electron chi connectivity index (χ0n) is 13.3. The van der Waals surface area contributed by atoms with Gasteiger partial charge in [-0.25, -0.2) is 9.97 Å². The minimum atomic E-state index is -4.34. The van der Waals surface area contributed by atoms with Crippen molar-refractivity contribution in [1.82, 2.24) is 14.5 Å². The van der Waals surface area contributed by atoms with E-state index in [9.17, 15) is 13.2 Å². The second kappa shape index (κ2) is 6.43. The summed E-state index contributed by atoms with van der Waals surface area (Å²) in [6.07, 6.45) is 0.264. The van der Waals surface area contributed by atoms with E-state index in [4.69, 9.17) is 0 Å². The maximum Gasteiger partial charge on any atom is 0.416 e. The number of aryl methyl sites for hydroxylation is 2. The number of fused-ring (bicyclic) bond motifs is 1. The first-order valence-electron chi connectivity index (χ1n) is 7.51. The van der Waals surface area contributed by atoms with Crippen molar-refractivity contribution < 1.29 is 13.2 Å². The smallest absolute Gasteiger partial charge is 0.351 e. The molecular formula is C16H17F3N4S. The van der Waals surface area contributed by atoms with Gasteiger partial charge in [0, 0.05) is 32.5 Å². The Morgan fingerprint density at radius 3 is 2.75 bits per heavy atom. The quantitative estimate of drug-likeness (QED) is 0.683. The van der Waals surface area contributed by atoms with Gasteiger partial charge in [-0.1, -0.05) is 11.3 Å². The lowest BCUT2D eigenvalue weighted by Gasteiger charge is -2.15. The Balaban J connectivity index is 1.68. The number of hydrogen-bond donors (Lipinski definition) is 0. The van der Waals surface area contributed by atoms with Crippen molar-refractivity contribution in [3.8, 4) is 0 Å². The molecule has 0 fully saturated rings. The minimum absolute atomic E-state index is 0.391. The van der Waals surface area contributed by atoms with E-state index in [0.29, 0.717) is 5.52 Å². The number of benzene rings is 1. The van der Waals surface area contributed by atoms with Crippen molar-refractivity contribution in [2.24, 2.45) is 0 Å². The fraction of sp³-hybridized carbons (Fsp3) is 0.375. The number of thiazole rings is 1. The van der Waals surface area contributed by atoms with Crippen molar-refractivity contribution >= 4 is 26.7 Å². The highest BCUT2D eigenvalue weighted by molar-refractivity contribution is 7.22. The Morgan fingerprint density at radius 1 is 1.29 bits per heavy atom. The third-order valence-electron chi connectivity index (χ3n) is 3.85. The maximum absolute atomic E-state index is 12.8. The summed E-state index contributed by atoms with van der Waals surface area (Å²) in [6.45, 7) is 3.57. The van der Waals surface area contributed by atoms with Crippen LogP contribution in [0.25, 0.3) is 10.2 Å². The summed E-state index contributed by atoms with van der Waals surface area (Å²) in [7, 11) is 1.91. The molecule has 0 aliphatic heterocycles. The fourth-order valence-electron chi connectivity index (χ4n) is 2.47. The number of anilines is 1. The molecule has 0 bridgehead atoms. The van der Waals surface area contributed by atoms with Crippen LogP contribution in [-0.4, -0.2) is 28.1 Å². The van der Waals surface area contributed by atoms with E-state index in [1.807, 2.05) is 25.1 Å². The molecule has 0 saturated heterocycles. The molecule has 24 heavy (non-hydrogen) atoms. The van der Waals surface area contributed by atoms with Crippen LogP contribution >= 0.6 is 11.3 Å². The molecule has 0 aliphatic carbocycles. The van der Waals surface area contributed by atoms with E-state index in [1.54, 1.807) is 6.20 Å². The molecule has 0 unspecified atom stereocenters. The zero-order valence-corrected chi connectivity index (χ0v) is 14.2. The van der Waals surface area contributed by atoms with Gasteiger partial charge < -0.3 is 9.47 Å².